The highest BCUT2D eigenvalue weighted by Gasteiger charge is 2.35. The van der Waals surface area contributed by atoms with E-state index in [0.717, 1.165) is 11.3 Å². The molecule has 10 heteroatoms. The molecule has 1 aliphatic heterocycles. The molecule has 1 amide bonds. The molecule has 1 unspecified atom stereocenters. The number of hydrogen-bond acceptors (Lipinski definition) is 6. The number of thiophene rings is 1. The summed E-state index contributed by atoms with van der Waals surface area (Å²) >= 11 is 1.13. The number of nitrogens with zero attached hydrogens (tertiary/aromatic N) is 1. The molecule has 0 aromatic carbocycles. The van der Waals surface area contributed by atoms with Crippen LogP contribution in [-0.2, 0) is 14.8 Å². The topological polar surface area (TPSA) is 102 Å². The third kappa shape index (κ3) is 4.57. The third-order valence-corrected chi connectivity index (χ3v) is 6.88. The Morgan fingerprint density at radius 1 is 1.57 bits per heavy atom. The Bertz CT molecular complexity index is 620. The highest BCUT2D eigenvalue weighted by molar-refractivity contribution is 7.91. The van der Waals surface area contributed by atoms with Crippen LogP contribution in [0.3, 0.4) is 0 Å². The lowest BCUT2D eigenvalue weighted by molar-refractivity contribution is -0.126. The van der Waals surface area contributed by atoms with Crippen LogP contribution in [0.15, 0.2) is 15.7 Å². The molecule has 1 atom stereocenters. The van der Waals surface area contributed by atoms with Crippen LogP contribution in [0, 0.1) is 5.92 Å². The number of hydrogen-bond donors (Lipinski definition) is 2. The van der Waals surface area contributed by atoms with Gasteiger partial charge in [0.2, 0.25) is 5.91 Å². The molecular formula is C13H22ClN3O4S2. The zero-order valence-electron chi connectivity index (χ0n) is 12.9. The minimum absolute atomic E-state index is 0. The van der Waals surface area contributed by atoms with Crippen LogP contribution in [-0.4, -0.2) is 51.9 Å². The second-order valence-electron chi connectivity index (χ2n) is 5.06. The first-order chi connectivity index (χ1) is 10.5. The van der Waals surface area contributed by atoms with Crippen LogP contribution in [0.25, 0.3) is 0 Å². The number of sulfonamides is 1. The zero-order valence-corrected chi connectivity index (χ0v) is 15.3. The summed E-state index contributed by atoms with van der Waals surface area (Å²) < 4.78 is 32.1. The number of ether oxygens (including phenoxy) is 1. The normalized spacial score (nSPS) is 19.0. The Morgan fingerprint density at radius 3 is 2.96 bits per heavy atom. The van der Waals surface area contributed by atoms with E-state index < -0.39 is 10.0 Å². The number of nitrogens with one attached hydrogen (secondary N) is 1. The molecule has 0 saturated carbocycles. The van der Waals surface area contributed by atoms with Gasteiger partial charge in [-0.15, -0.1) is 23.7 Å². The van der Waals surface area contributed by atoms with Gasteiger partial charge < -0.3 is 15.8 Å². The van der Waals surface area contributed by atoms with Gasteiger partial charge in [-0.25, -0.2) is 8.42 Å². The van der Waals surface area contributed by atoms with Gasteiger partial charge in [-0.05, 0) is 24.3 Å². The summed E-state index contributed by atoms with van der Waals surface area (Å²) in [7, 11) is -2.18. The van der Waals surface area contributed by atoms with Gasteiger partial charge in [0.05, 0.1) is 13.0 Å². The summed E-state index contributed by atoms with van der Waals surface area (Å²) in [6.07, 6.45) is 1.34. The molecule has 0 bridgehead atoms. The quantitative estimate of drug-likeness (QED) is 0.751. The molecule has 132 valence electrons. The summed E-state index contributed by atoms with van der Waals surface area (Å²) in [6.45, 7) is 1.39. The fourth-order valence-corrected chi connectivity index (χ4v) is 5.39. The van der Waals surface area contributed by atoms with E-state index in [9.17, 15) is 13.2 Å². The van der Waals surface area contributed by atoms with Crippen molar-refractivity contribution in [2.75, 3.05) is 33.3 Å². The summed E-state index contributed by atoms with van der Waals surface area (Å²) in [5.74, 6) is -0.121. The zero-order chi connectivity index (χ0) is 16.2. The van der Waals surface area contributed by atoms with E-state index in [1.54, 1.807) is 11.4 Å². The minimum Gasteiger partial charge on any atom is -0.494 e. The minimum atomic E-state index is -3.63. The lowest BCUT2D eigenvalue weighted by Crippen LogP contribution is -2.46. The van der Waals surface area contributed by atoms with Crippen LogP contribution in [0.2, 0.25) is 0 Å². The Balaban J connectivity index is 0.00000264. The first-order valence-electron chi connectivity index (χ1n) is 7.10. The van der Waals surface area contributed by atoms with Gasteiger partial charge in [0.25, 0.3) is 10.0 Å². The van der Waals surface area contributed by atoms with Crippen LogP contribution in [0.4, 0.5) is 0 Å². The van der Waals surface area contributed by atoms with Crippen molar-refractivity contribution >= 4 is 39.7 Å². The predicted molar refractivity (Wildman–Crippen MR) is 91.7 cm³/mol. The standard InChI is InChI=1S/C13H21N3O4S2.ClH/c1-20-11-4-8-21-13(11)22(18,19)16-7-2-3-10(9-16)12(17)15-6-5-14;/h4,8,10H,2-3,5-7,9,14H2,1H3,(H,15,17);1H. The molecule has 2 rings (SSSR count). The Hall–Kier alpha value is -0.870. The van der Waals surface area contributed by atoms with Gasteiger partial charge in [0, 0.05) is 26.2 Å². The van der Waals surface area contributed by atoms with Crippen molar-refractivity contribution in [1.29, 1.82) is 0 Å². The number of carbonyl (C=O) groups excluding carboxylic acids is 1. The van der Waals surface area contributed by atoms with Crippen LogP contribution in [0.5, 0.6) is 5.75 Å². The molecule has 23 heavy (non-hydrogen) atoms. The van der Waals surface area contributed by atoms with Gasteiger partial charge in [-0.3, -0.25) is 4.79 Å². The van der Waals surface area contributed by atoms with Crippen LogP contribution in [0.1, 0.15) is 12.8 Å². The van der Waals surface area contributed by atoms with Crippen LogP contribution < -0.4 is 15.8 Å². The van der Waals surface area contributed by atoms with Gasteiger partial charge in [-0.2, -0.15) is 4.31 Å². The molecule has 1 aromatic heterocycles. The SMILES string of the molecule is COc1ccsc1S(=O)(=O)N1CCCC(C(=O)NCCN)C1.Cl. The van der Waals surface area contributed by atoms with E-state index in [2.05, 4.69) is 5.32 Å². The average Bonchev–Trinajstić information content (AvgIpc) is 3.02. The van der Waals surface area contributed by atoms with Crippen molar-refractivity contribution < 1.29 is 17.9 Å². The molecule has 1 aliphatic rings. The molecule has 3 N–H and O–H groups in total. The number of piperidine rings is 1. The molecule has 0 spiro atoms. The van der Waals surface area contributed by atoms with Crippen molar-refractivity contribution in [3.63, 3.8) is 0 Å². The largest absolute Gasteiger partial charge is 0.494 e. The van der Waals surface area contributed by atoms with Gasteiger partial charge in [0.1, 0.15) is 5.75 Å². The highest BCUT2D eigenvalue weighted by Crippen LogP contribution is 2.33. The molecular weight excluding hydrogens is 362 g/mol. The van der Waals surface area contributed by atoms with E-state index in [4.69, 9.17) is 10.5 Å². The predicted octanol–water partition coefficient (Wildman–Crippen LogP) is 0.654. The molecule has 7 nitrogen and oxygen atoms in total. The van der Waals surface area contributed by atoms with Crippen molar-refractivity contribution in [2.24, 2.45) is 11.7 Å². The molecule has 0 aliphatic carbocycles. The van der Waals surface area contributed by atoms with E-state index in [-0.39, 0.29) is 35.0 Å². The number of carbonyl (C=O) groups is 1. The second-order valence-corrected chi connectivity index (χ2v) is 8.11. The highest BCUT2D eigenvalue weighted by atomic mass is 35.5. The van der Waals surface area contributed by atoms with Gasteiger partial charge in [-0.1, -0.05) is 0 Å². The monoisotopic (exact) mass is 383 g/mol. The maximum Gasteiger partial charge on any atom is 0.256 e. The van der Waals surface area contributed by atoms with Gasteiger partial charge >= 0.3 is 0 Å². The number of nitrogens with two attached hydrogens (primary N) is 1. The van der Waals surface area contributed by atoms with E-state index in [0.29, 0.717) is 38.2 Å². The summed E-state index contributed by atoms with van der Waals surface area (Å²) in [4.78, 5) is 12.0. The lowest BCUT2D eigenvalue weighted by atomic mass is 9.99. The molecule has 0 radical (unpaired) electrons. The Morgan fingerprint density at radius 2 is 2.30 bits per heavy atom. The number of halogens is 1. The second kappa shape index (κ2) is 8.84. The maximum absolute atomic E-state index is 12.7. The summed E-state index contributed by atoms with van der Waals surface area (Å²) in [6, 6.07) is 1.63. The molecule has 1 fully saturated rings. The van der Waals surface area contributed by atoms with E-state index in [1.165, 1.54) is 11.4 Å². The lowest BCUT2D eigenvalue weighted by Gasteiger charge is -2.30. The van der Waals surface area contributed by atoms with Crippen molar-refractivity contribution in [3.05, 3.63) is 11.4 Å². The molecule has 2 heterocycles. The summed E-state index contributed by atoms with van der Waals surface area (Å²) in [5, 5.41) is 4.41. The van der Waals surface area contributed by atoms with Crippen molar-refractivity contribution in [2.45, 2.75) is 17.1 Å². The third-order valence-electron chi connectivity index (χ3n) is 3.59. The first kappa shape index (κ1) is 20.2. The number of rotatable bonds is 6. The number of methoxy groups -OCH3 is 1. The molecule has 1 saturated heterocycles. The fraction of sp³-hybridized carbons (Fsp3) is 0.615. The van der Waals surface area contributed by atoms with Gasteiger partial charge in [0.15, 0.2) is 4.21 Å². The molecule has 1 aromatic rings. The summed E-state index contributed by atoms with van der Waals surface area (Å²) in [5.41, 5.74) is 5.37. The first-order valence-corrected chi connectivity index (χ1v) is 9.42. The Kier molecular flexibility index (Phi) is 7.75. The van der Waals surface area contributed by atoms with Crippen molar-refractivity contribution in [3.8, 4) is 5.75 Å². The van der Waals surface area contributed by atoms with E-state index >= 15 is 0 Å². The Labute approximate surface area is 146 Å². The fourth-order valence-electron chi connectivity index (χ4n) is 2.45. The number of amides is 1. The van der Waals surface area contributed by atoms with Crippen molar-refractivity contribution in [1.82, 2.24) is 9.62 Å². The maximum atomic E-state index is 12.7. The van der Waals surface area contributed by atoms with Crippen LogP contribution >= 0.6 is 23.7 Å². The van der Waals surface area contributed by atoms with E-state index in [1.807, 2.05) is 0 Å². The average molecular weight is 384 g/mol. The smallest absolute Gasteiger partial charge is 0.256 e.